The first kappa shape index (κ1) is 16.1. The molecule has 2 atom stereocenters. The van der Waals surface area contributed by atoms with Gasteiger partial charge in [0.15, 0.2) is 0 Å². The Morgan fingerprint density at radius 1 is 1.30 bits per heavy atom. The van der Waals surface area contributed by atoms with Crippen molar-refractivity contribution in [1.29, 1.82) is 0 Å². The standard InChI is InChI=1S/C15H26N2O2.ClH/c1-19-10-8-15(6-2-7-15)14(18)17-9-5-12-3-4-13(11-17)16-12;/h12-13,16H,2-11H2,1H3;1H. The van der Waals surface area contributed by atoms with Crippen LogP contribution in [0.15, 0.2) is 0 Å². The number of hydrogen-bond donors (Lipinski definition) is 1. The maximum absolute atomic E-state index is 12.9. The number of nitrogens with one attached hydrogen (secondary N) is 1. The molecule has 2 heterocycles. The van der Waals surface area contributed by atoms with Gasteiger partial charge in [0.1, 0.15) is 0 Å². The minimum Gasteiger partial charge on any atom is -0.385 e. The van der Waals surface area contributed by atoms with Gasteiger partial charge in [0.25, 0.3) is 0 Å². The maximum Gasteiger partial charge on any atom is 0.228 e. The summed E-state index contributed by atoms with van der Waals surface area (Å²) >= 11 is 0. The molecule has 3 aliphatic rings. The lowest BCUT2D eigenvalue weighted by Gasteiger charge is -2.44. The molecule has 0 radical (unpaired) electrons. The van der Waals surface area contributed by atoms with Gasteiger partial charge >= 0.3 is 0 Å². The molecule has 0 aromatic rings. The Balaban J connectivity index is 0.00000147. The molecule has 1 aliphatic carbocycles. The van der Waals surface area contributed by atoms with Crippen LogP contribution in [0.3, 0.4) is 0 Å². The third-order valence-electron chi connectivity index (χ3n) is 5.36. The van der Waals surface area contributed by atoms with Crippen LogP contribution in [0, 0.1) is 5.41 Å². The van der Waals surface area contributed by atoms with E-state index in [0.29, 0.717) is 24.6 Å². The number of carbonyl (C=O) groups excluding carboxylic acids is 1. The number of fused-ring (bicyclic) bond motifs is 2. The molecule has 3 fully saturated rings. The highest BCUT2D eigenvalue weighted by Gasteiger charge is 2.46. The molecular formula is C15H27ClN2O2. The number of rotatable bonds is 4. The first-order valence-electron chi connectivity index (χ1n) is 7.78. The molecule has 3 rings (SSSR count). The number of methoxy groups -OCH3 is 1. The molecule has 2 bridgehead atoms. The minimum atomic E-state index is -0.0837. The van der Waals surface area contributed by atoms with E-state index in [0.717, 1.165) is 38.8 Å². The van der Waals surface area contributed by atoms with Crippen LogP contribution < -0.4 is 5.32 Å². The molecule has 116 valence electrons. The van der Waals surface area contributed by atoms with E-state index in [4.69, 9.17) is 4.74 Å². The summed E-state index contributed by atoms with van der Waals surface area (Å²) in [6.45, 7) is 2.58. The molecule has 5 heteroatoms. The van der Waals surface area contributed by atoms with Crippen LogP contribution in [0.1, 0.15) is 44.9 Å². The van der Waals surface area contributed by atoms with Crippen LogP contribution in [0.5, 0.6) is 0 Å². The molecule has 2 saturated heterocycles. The highest BCUT2D eigenvalue weighted by Crippen LogP contribution is 2.45. The molecule has 2 unspecified atom stereocenters. The van der Waals surface area contributed by atoms with Gasteiger partial charge in [-0.05, 0) is 38.5 Å². The zero-order valence-corrected chi connectivity index (χ0v) is 13.2. The van der Waals surface area contributed by atoms with E-state index in [9.17, 15) is 4.79 Å². The lowest BCUT2D eigenvalue weighted by atomic mass is 9.65. The molecule has 0 aromatic heterocycles. The summed E-state index contributed by atoms with van der Waals surface area (Å²) in [5, 5.41) is 3.65. The number of carbonyl (C=O) groups is 1. The van der Waals surface area contributed by atoms with E-state index in [2.05, 4.69) is 10.2 Å². The largest absolute Gasteiger partial charge is 0.385 e. The van der Waals surface area contributed by atoms with Gasteiger partial charge in [-0.3, -0.25) is 4.79 Å². The topological polar surface area (TPSA) is 41.6 Å². The Hall–Kier alpha value is -0.320. The summed E-state index contributed by atoms with van der Waals surface area (Å²) in [7, 11) is 1.73. The van der Waals surface area contributed by atoms with E-state index < -0.39 is 0 Å². The summed E-state index contributed by atoms with van der Waals surface area (Å²) < 4.78 is 5.20. The number of amides is 1. The highest BCUT2D eigenvalue weighted by atomic mass is 35.5. The van der Waals surface area contributed by atoms with Crippen LogP contribution in [0.2, 0.25) is 0 Å². The molecule has 0 spiro atoms. The van der Waals surface area contributed by atoms with Gasteiger partial charge in [0, 0.05) is 38.9 Å². The van der Waals surface area contributed by atoms with Crippen molar-refractivity contribution in [2.24, 2.45) is 5.41 Å². The predicted octanol–water partition coefficient (Wildman–Crippen LogP) is 1.97. The average molecular weight is 303 g/mol. The molecule has 20 heavy (non-hydrogen) atoms. The van der Waals surface area contributed by atoms with Crippen molar-refractivity contribution in [3.8, 4) is 0 Å². The van der Waals surface area contributed by atoms with Gasteiger partial charge in [-0.15, -0.1) is 12.4 Å². The Kier molecular flexibility index (Phi) is 5.32. The van der Waals surface area contributed by atoms with Gasteiger partial charge in [0.2, 0.25) is 5.91 Å². The molecule has 2 aliphatic heterocycles. The molecule has 1 amide bonds. The van der Waals surface area contributed by atoms with Crippen molar-refractivity contribution in [2.75, 3.05) is 26.8 Å². The second-order valence-corrected chi connectivity index (χ2v) is 6.55. The predicted molar refractivity (Wildman–Crippen MR) is 81.2 cm³/mol. The fourth-order valence-electron chi connectivity index (χ4n) is 3.93. The summed E-state index contributed by atoms with van der Waals surface area (Å²) in [5.74, 6) is 0.408. The maximum atomic E-state index is 12.9. The lowest BCUT2D eigenvalue weighted by molar-refractivity contribution is -0.149. The average Bonchev–Trinajstić information content (AvgIpc) is 2.67. The van der Waals surface area contributed by atoms with E-state index in [-0.39, 0.29) is 17.8 Å². The van der Waals surface area contributed by atoms with E-state index in [1.807, 2.05) is 0 Å². The number of hydrogen-bond acceptors (Lipinski definition) is 3. The molecule has 1 saturated carbocycles. The SMILES string of the molecule is COCCC1(C(=O)N2CCC3CCC(C2)N3)CCC1.Cl. The second kappa shape index (κ2) is 6.63. The number of likely N-dealkylation sites (tertiary alicyclic amines) is 1. The highest BCUT2D eigenvalue weighted by molar-refractivity contribution is 5.85. The molecular weight excluding hydrogens is 276 g/mol. The zero-order chi connectivity index (χ0) is 13.3. The van der Waals surface area contributed by atoms with Gasteiger partial charge in [-0.25, -0.2) is 0 Å². The fraction of sp³-hybridized carbons (Fsp3) is 0.933. The van der Waals surface area contributed by atoms with Crippen molar-refractivity contribution >= 4 is 18.3 Å². The first-order valence-corrected chi connectivity index (χ1v) is 7.78. The molecule has 1 N–H and O–H groups in total. The normalized spacial score (nSPS) is 31.1. The van der Waals surface area contributed by atoms with E-state index in [1.165, 1.54) is 19.3 Å². The zero-order valence-electron chi connectivity index (χ0n) is 12.4. The van der Waals surface area contributed by atoms with Crippen LogP contribution in [0.25, 0.3) is 0 Å². The van der Waals surface area contributed by atoms with Gasteiger partial charge in [-0.1, -0.05) is 6.42 Å². The van der Waals surface area contributed by atoms with Crippen LogP contribution in [0.4, 0.5) is 0 Å². The van der Waals surface area contributed by atoms with E-state index >= 15 is 0 Å². The van der Waals surface area contributed by atoms with Crippen LogP contribution >= 0.6 is 12.4 Å². The second-order valence-electron chi connectivity index (χ2n) is 6.55. The van der Waals surface area contributed by atoms with Crippen LogP contribution in [-0.2, 0) is 9.53 Å². The minimum absolute atomic E-state index is 0. The molecule has 4 nitrogen and oxygen atoms in total. The lowest BCUT2D eigenvalue weighted by Crippen LogP contribution is -2.50. The fourth-order valence-corrected chi connectivity index (χ4v) is 3.93. The van der Waals surface area contributed by atoms with Crippen molar-refractivity contribution in [3.63, 3.8) is 0 Å². The third kappa shape index (κ3) is 2.97. The van der Waals surface area contributed by atoms with Crippen molar-refractivity contribution < 1.29 is 9.53 Å². The Bertz CT molecular complexity index is 347. The quantitative estimate of drug-likeness (QED) is 0.863. The Morgan fingerprint density at radius 3 is 2.70 bits per heavy atom. The monoisotopic (exact) mass is 302 g/mol. The first-order chi connectivity index (χ1) is 9.23. The van der Waals surface area contributed by atoms with Crippen molar-refractivity contribution in [3.05, 3.63) is 0 Å². The number of nitrogens with zero attached hydrogens (tertiary/aromatic N) is 1. The number of halogens is 1. The van der Waals surface area contributed by atoms with Crippen molar-refractivity contribution in [2.45, 2.75) is 57.0 Å². The van der Waals surface area contributed by atoms with Crippen molar-refractivity contribution in [1.82, 2.24) is 10.2 Å². The van der Waals surface area contributed by atoms with Gasteiger partial charge in [-0.2, -0.15) is 0 Å². The van der Waals surface area contributed by atoms with Gasteiger partial charge < -0.3 is 15.0 Å². The Labute approximate surface area is 128 Å². The summed E-state index contributed by atoms with van der Waals surface area (Å²) in [5.41, 5.74) is -0.0837. The summed E-state index contributed by atoms with van der Waals surface area (Å²) in [6.07, 6.45) is 7.89. The third-order valence-corrected chi connectivity index (χ3v) is 5.36. The number of ether oxygens (including phenoxy) is 1. The summed E-state index contributed by atoms with van der Waals surface area (Å²) in [6, 6.07) is 1.19. The smallest absolute Gasteiger partial charge is 0.228 e. The Morgan fingerprint density at radius 2 is 2.05 bits per heavy atom. The van der Waals surface area contributed by atoms with Crippen LogP contribution in [-0.4, -0.2) is 49.7 Å². The van der Waals surface area contributed by atoms with E-state index in [1.54, 1.807) is 7.11 Å². The van der Waals surface area contributed by atoms with Gasteiger partial charge in [0.05, 0.1) is 5.41 Å². The summed E-state index contributed by atoms with van der Waals surface area (Å²) in [4.78, 5) is 15.0. The molecule has 0 aromatic carbocycles.